The molecule has 0 saturated carbocycles. The normalized spacial score (nSPS) is 17.3. The van der Waals surface area contributed by atoms with Crippen LogP contribution in [-0.2, 0) is 11.3 Å². The van der Waals surface area contributed by atoms with Crippen molar-refractivity contribution in [1.82, 2.24) is 40.0 Å². The molecule has 1 saturated heterocycles. The number of hydrogen-bond acceptors (Lipinski definition) is 7. The first-order valence-corrected chi connectivity index (χ1v) is 9.77. The lowest BCUT2D eigenvalue weighted by Crippen LogP contribution is -2.42. The summed E-state index contributed by atoms with van der Waals surface area (Å²) in [6, 6.07) is 4.12. The van der Waals surface area contributed by atoms with Crippen LogP contribution >= 0.6 is 0 Å². The summed E-state index contributed by atoms with van der Waals surface area (Å²) in [4.78, 5) is 21.4. The van der Waals surface area contributed by atoms with E-state index >= 15 is 0 Å². The molecule has 30 heavy (non-hydrogen) atoms. The number of hydrogen-bond donors (Lipinski definition) is 3. The summed E-state index contributed by atoms with van der Waals surface area (Å²) < 4.78 is 17.8. The SMILES string of the molecule is CCn1cc(-c2nc3c4cccc(F)c4nc(N[C@@H]4CNCCNC4=O)n3n2)cn1. The van der Waals surface area contributed by atoms with Crippen molar-refractivity contribution in [3.8, 4) is 11.4 Å². The smallest absolute Gasteiger partial charge is 0.243 e. The van der Waals surface area contributed by atoms with Crippen LogP contribution in [0.15, 0.2) is 30.6 Å². The second kappa shape index (κ2) is 7.34. The van der Waals surface area contributed by atoms with Crippen molar-refractivity contribution in [2.45, 2.75) is 19.5 Å². The van der Waals surface area contributed by atoms with Crippen molar-refractivity contribution in [3.05, 3.63) is 36.4 Å². The van der Waals surface area contributed by atoms with Gasteiger partial charge < -0.3 is 16.0 Å². The predicted molar refractivity (Wildman–Crippen MR) is 108 cm³/mol. The molecule has 1 aromatic carbocycles. The zero-order valence-corrected chi connectivity index (χ0v) is 16.3. The Morgan fingerprint density at radius 2 is 2.20 bits per heavy atom. The summed E-state index contributed by atoms with van der Waals surface area (Å²) in [6.45, 7) is 4.34. The third-order valence-electron chi connectivity index (χ3n) is 5.04. The number of para-hydroxylation sites is 1. The number of aromatic nitrogens is 6. The molecule has 0 aliphatic carbocycles. The van der Waals surface area contributed by atoms with Gasteiger partial charge in [0.1, 0.15) is 17.4 Å². The lowest BCUT2D eigenvalue weighted by molar-refractivity contribution is -0.121. The predicted octanol–water partition coefficient (Wildman–Crippen LogP) is 0.800. The molecule has 154 valence electrons. The topological polar surface area (TPSA) is 114 Å². The standard InChI is InChI=1S/C19H20FN9O/c1-2-28-10-11(8-23-28)16-26-17-12-4-3-5-13(20)15(12)25-19(29(17)27-16)24-14-9-21-6-7-22-18(14)30/h3-5,8,10,14,21H,2,6-7,9H2,1H3,(H,22,30)(H,24,25)/t14-/m1/s1. The first-order chi connectivity index (χ1) is 14.6. The lowest BCUT2D eigenvalue weighted by Gasteiger charge is -2.16. The van der Waals surface area contributed by atoms with Crippen LogP contribution in [0.4, 0.5) is 10.3 Å². The molecule has 4 heterocycles. The fourth-order valence-electron chi connectivity index (χ4n) is 3.47. The zero-order chi connectivity index (χ0) is 20.7. The summed E-state index contributed by atoms with van der Waals surface area (Å²) in [5, 5.41) is 18.5. The first-order valence-electron chi connectivity index (χ1n) is 9.77. The van der Waals surface area contributed by atoms with Gasteiger partial charge in [0.15, 0.2) is 11.5 Å². The van der Waals surface area contributed by atoms with Crippen LogP contribution in [0.2, 0.25) is 0 Å². The number of nitrogens with one attached hydrogen (secondary N) is 3. The van der Waals surface area contributed by atoms with Gasteiger partial charge in [-0.3, -0.25) is 9.48 Å². The quantitative estimate of drug-likeness (QED) is 0.457. The number of anilines is 1. The molecule has 0 unspecified atom stereocenters. The molecular weight excluding hydrogens is 389 g/mol. The summed E-state index contributed by atoms with van der Waals surface area (Å²) in [7, 11) is 0. The van der Waals surface area contributed by atoms with Crippen molar-refractivity contribution in [3.63, 3.8) is 0 Å². The van der Waals surface area contributed by atoms with Crippen LogP contribution < -0.4 is 16.0 Å². The molecule has 1 amide bonds. The highest BCUT2D eigenvalue weighted by Crippen LogP contribution is 2.26. The molecule has 3 N–H and O–H groups in total. The highest BCUT2D eigenvalue weighted by atomic mass is 19.1. The second-order valence-corrected chi connectivity index (χ2v) is 7.02. The first kappa shape index (κ1) is 18.4. The number of rotatable bonds is 4. The number of carbonyl (C=O) groups excluding carboxylic acids is 1. The number of benzene rings is 1. The summed E-state index contributed by atoms with van der Waals surface area (Å²) in [5.41, 5.74) is 1.35. The van der Waals surface area contributed by atoms with Crippen LogP contribution in [-0.4, -0.2) is 60.9 Å². The van der Waals surface area contributed by atoms with Gasteiger partial charge in [0.2, 0.25) is 11.9 Å². The van der Waals surface area contributed by atoms with Crippen LogP contribution in [0, 0.1) is 5.82 Å². The zero-order valence-electron chi connectivity index (χ0n) is 16.3. The molecule has 5 rings (SSSR count). The Bertz CT molecular complexity index is 1250. The minimum atomic E-state index is -0.581. The fourth-order valence-corrected chi connectivity index (χ4v) is 3.47. The van der Waals surface area contributed by atoms with E-state index in [1.54, 1.807) is 23.0 Å². The second-order valence-electron chi connectivity index (χ2n) is 7.02. The van der Waals surface area contributed by atoms with Crippen molar-refractivity contribution >= 4 is 28.4 Å². The summed E-state index contributed by atoms with van der Waals surface area (Å²) >= 11 is 0. The van der Waals surface area contributed by atoms with E-state index in [-0.39, 0.29) is 17.4 Å². The Balaban J connectivity index is 1.67. The van der Waals surface area contributed by atoms with E-state index in [4.69, 9.17) is 0 Å². The van der Waals surface area contributed by atoms with E-state index in [1.807, 2.05) is 13.1 Å². The maximum atomic E-state index is 14.5. The molecule has 3 aromatic heterocycles. The van der Waals surface area contributed by atoms with Gasteiger partial charge in [0.05, 0.1) is 11.8 Å². The third kappa shape index (κ3) is 3.12. The Kier molecular flexibility index (Phi) is 4.51. The Labute approximate surface area is 170 Å². The summed E-state index contributed by atoms with van der Waals surface area (Å²) in [5.74, 6) is 0.0609. The Morgan fingerprint density at radius 3 is 3.03 bits per heavy atom. The van der Waals surface area contributed by atoms with E-state index in [2.05, 4.69) is 36.1 Å². The molecule has 1 aliphatic heterocycles. The number of aryl methyl sites for hydroxylation is 1. The average molecular weight is 409 g/mol. The minimum absolute atomic E-state index is 0.159. The molecule has 1 aliphatic rings. The minimum Gasteiger partial charge on any atom is -0.353 e. The molecule has 10 nitrogen and oxygen atoms in total. The van der Waals surface area contributed by atoms with Gasteiger partial charge in [-0.1, -0.05) is 6.07 Å². The third-order valence-corrected chi connectivity index (χ3v) is 5.04. The van der Waals surface area contributed by atoms with E-state index in [9.17, 15) is 9.18 Å². The fraction of sp³-hybridized carbons (Fsp3) is 0.316. The maximum Gasteiger partial charge on any atom is 0.243 e. The molecule has 0 spiro atoms. The highest BCUT2D eigenvalue weighted by Gasteiger charge is 2.24. The largest absolute Gasteiger partial charge is 0.353 e. The van der Waals surface area contributed by atoms with E-state index in [1.165, 1.54) is 10.6 Å². The molecule has 0 radical (unpaired) electrons. The lowest BCUT2D eigenvalue weighted by atomic mass is 10.2. The number of nitrogens with zero attached hydrogens (tertiary/aromatic N) is 6. The number of carbonyl (C=O) groups is 1. The number of halogens is 1. The van der Waals surface area contributed by atoms with Crippen molar-refractivity contribution in [2.24, 2.45) is 0 Å². The van der Waals surface area contributed by atoms with Crippen molar-refractivity contribution in [1.29, 1.82) is 0 Å². The van der Waals surface area contributed by atoms with E-state index < -0.39 is 11.9 Å². The van der Waals surface area contributed by atoms with Gasteiger partial charge in [-0.05, 0) is 19.1 Å². The van der Waals surface area contributed by atoms with Crippen LogP contribution in [0.25, 0.3) is 27.9 Å². The van der Waals surface area contributed by atoms with Crippen molar-refractivity contribution < 1.29 is 9.18 Å². The van der Waals surface area contributed by atoms with Crippen LogP contribution in [0.3, 0.4) is 0 Å². The molecule has 0 bridgehead atoms. The van der Waals surface area contributed by atoms with Gasteiger partial charge >= 0.3 is 0 Å². The maximum absolute atomic E-state index is 14.5. The number of amides is 1. The van der Waals surface area contributed by atoms with Gasteiger partial charge in [-0.15, -0.1) is 5.10 Å². The molecular formula is C19H20FN9O. The van der Waals surface area contributed by atoms with E-state index in [0.29, 0.717) is 36.5 Å². The van der Waals surface area contributed by atoms with Gasteiger partial charge in [-0.25, -0.2) is 14.4 Å². The highest BCUT2D eigenvalue weighted by molar-refractivity contribution is 5.93. The molecule has 4 aromatic rings. The van der Waals surface area contributed by atoms with Gasteiger partial charge in [-0.2, -0.15) is 9.61 Å². The van der Waals surface area contributed by atoms with Gasteiger partial charge in [0, 0.05) is 37.8 Å². The van der Waals surface area contributed by atoms with E-state index in [0.717, 1.165) is 12.1 Å². The monoisotopic (exact) mass is 409 g/mol. The summed E-state index contributed by atoms with van der Waals surface area (Å²) in [6.07, 6.45) is 3.53. The van der Waals surface area contributed by atoms with Gasteiger partial charge in [0.25, 0.3) is 0 Å². The molecule has 11 heteroatoms. The molecule has 1 atom stereocenters. The average Bonchev–Trinajstić information content (AvgIpc) is 3.36. The van der Waals surface area contributed by atoms with Crippen molar-refractivity contribution in [2.75, 3.05) is 25.0 Å². The van der Waals surface area contributed by atoms with Crippen LogP contribution in [0.1, 0.15) is 6.92 Å². The Hall–Kier alpha value is -3.60. The number of fused-ring (bicyclic) bond motifs is 3. The Morgan fingerprint density at radius 1 is 1.30 bits per heavy atom. The van der Waals surface area contributed by atoms with Crippen LogP contribution in [0.5, 0.6) is 0 Å². The molecule has 1 fully saturated rings.